The molecule has 0 heterocycles. The summed E-state index contributed by atoms with van der Waals surface area (Å²) in [6, 6.07) is 27.5. The fraction of sp³-hybridized carbons (Fsp3) is 0. The molecule has 0 atom stereocenters. The Balaban J connectivity index is 1.66. The van der Waals surface area contributed by atoms with Crippen LogP contribution in [0.1, 0.15) is 27.0 Å². The lowest BCUT2D eigenvalue weighted by Crippen LogP contribution is -2.12. The molecule has 0 bridgehead atoms. The van der Waals surface area contributed by atoms with Gasteiger partial charge in [-0.2, -0.15) is 0 Å². The Morgan fingerprint density at radius 2 is 1.06 bits per heavy atom. The lowest BCUT2D eigenvalue weighted by molar-refractivity contribution is 0.102. The summed E-state index contributed by atoms with van der Waals surface area (Å²) in [4.78, 5) is 13.1. The van der Waals surface area contributed by atoms with Gasteiger partial charge in [-0.3, -0.25) is 4.79 Å². The number of amides is 1. The van der Waals surface area contributed by atoms with Crippen molar-refractivity contribution in [3.8, 4) is 37.0 Å². The standard InChI is InChI=1S/C31H21N3O/c1-4-22-13-15-26(16-14-22)34-31(35)25-19-29(32-27-11-7-9-23(5-2)17-27)21-30(20-25)33-28-12-8-10-24(6-3)18-28/h1-3,7-21,32-33H,(H,34,35). The van der Waals surface area contributed by atoms with Crippen molar-refractivity contribution in [1.29, 1.82) is 0 Å². The summed E-state index contributed by atoms with van der Waals surface area (Å²) < 4.78 is 0. The SMILES string of the molecule is C#Cc1ccc(NC(=O)c2cc(Nc3cccc(C#C)c3)cc(Nc3cccc(C#C)c3)c2)cc1. The second-order valence-corrected chi connectivity index (χ2v) is 7.68. The van der Waals surface area contributed by atoms with E-state index in [2.05, 4.69) is 33.7 Å². The van der Waals surface area contributed by atoms with E-state index in [1.807, 2.05) is 54.6 Å². The minimum atomic E-state index is -0.264. The van der Waals surface area contributed by atoms with E-state index in [9.17, 15) is 4.79 Å². The zero-order valence-electron chi connectivity index (χ0n) is 18.8. The van der Waals surface area contributed by atoms with Crippen molar-refractivity contribution in [3.63, 3.8) is 0 Å². The number of terminal acetylenes is 3. The zero-order chi connectivity index (χ0) is 24.6. The molecule has 0 unspecified atom stereocenters. The maximum absolute atomic E-state index is 13.1. The van der Waals surface area contributed by atoms with Crippen LogP contribution in [-0.4, -0.2) is 5.91 Å². The van der Waals surface area contributed by atoms with E-state index < -0.39 is 0 Å². The van der Waals surface area contributed by atoms with Gasteiger partial charge in [0, 0.05) is 50.7 Å². The lowest BCUT2D eigenvalue weighted by atomic mass is 10.1. The van der Waals surface area contributed by atoms with Crippen LogP contribution in [0.15, 0.2) is 91.0 Å². The number of hydrogen-bond donors (Lipinski definition) is 3. The molecule has 0 aliphatic carbocycles. The van der Waals surface area contributed by atoms with Crippen LogP contribution >= 0.6 is 0 Å². The van der Waals surface area contributed by atoms with E-state index in [0.29, 0.717) is 22.6 Å². The highest BCUT2D eigenvalue weighted by atomic mass is 16.1. The van der Waals surface area contributed by atoms with Gasteiger partial charge in [0.05, 0.1) is 0 Å². The van der Waals surface area contributed by atoms with Crippen LogP contribution in [0.3, 0.4) is 0 Å². The van der Waals surface area contributed by atoms with Gasteiger partial charge in [0.2, 0.25) is 0 Å². The van der Waals surface area contributed by atoms with Crippen molar-refractivity contribution in [2.75, 3.05) is 16.0 Å². The molecule has 166 valence electrons. The van der Waals surface area contributed by atoms with Crippen LogP contribution in [0.5, 0.6) is 0 Å². The molecule has 0 radical (unpaired) electrons. The third kappa shape index (κ3) is 5.91. The molecule has 4 nitrogen and oxygen atoms in total. The van der Waals surface area contributed by atoms with Crippen LogP contribution < -0.4 is 16.0 Å². The number of anilines is 5. The van der Waals surface area contributed by atoms with Crippen LogP contribution in [-0.2, 0) is 0 Å². The summed E-state index contributed by atoms with van der Waals surface area (Å²) in [5.41, 5.74) is 6.39. The van der Waals surface area contributed by atoms with Gasteiger partial charge in [0.1, 0.15) is 0 Å². The highest BCUT2D eigenvalue weighted by Crippen LogP contribution is 2.27. The van der Waals surface area contributed by atoms with Gasteiger partial charge in [-0.1, -0.05) is 29.9 Å². The Morgan fingerprint density at radius 3 is 1.54 bits per heavy atom. The second-order valence-electron chi connectivity index (χ2n) is 7.68. The average molecular weight is 452 g/mol. The van der Waals surface area contributed by atoms with E-state index in [1.54, 1.807) is 36.4 Å². The van der Waals surface area contributed by atoms with Gasteiger partial charge in [0.15, 0.2) is 0 Å². The average Bonchev–Trinajstić information content (AvgIpc) is 2.89. The molecule has 1 amide bonds. The molecule has 35 heavy (non-hydrogen) atoms. The van der Waals surface area contributed by atoms with Gasteiger partial charge in [-0.15, -0.1) is 19.3 Å². The van der Waals surface area contributed by atoms with E-state index in [0.717, 1.165) is 28.1 Å². The molecule has 4 heteroatoms. The first-order valence-electron chi connectivity index (χ1n) is 10.8. The molecule has 4 aromatic rings. The van der Waals surface area contributed by atoms with Gasteiger partial charge in [-0.05, 0) is 78.9 Å². The zero-order valence-corrected chi connectivity index (χ0v) is 18.8. The summed E-state index contributed by atoms with van der Waals surface area (Å²) in [6.07, 6.45) is 16.5. The Bertz CT molecular complexity index is 1440. The summed E-state index contributed by atoms with van der Waals surface area (Å²) in [5, 5.41) is 9.58. The predicted octanol–water partition coefficient (Wildman–Crippen LogP) is 6.37. The van der Waals surface area contributed by atoms with Gasteiger partial charge >= 0.3 is 0 Å². The first-order valence-corrected chi connectivity index (χ1v) is 10.8. The Labute approximate surface area is 205 Å². The summed E-state index contributed by atoms with van der Waals surface area (Å²) in [6.45, 7) is 0. The topological polar surface area (TPSA) is 53.2 Å². The van der Waals surface area contributed by atoms with Crippen LogP contribution in [0.4, 0.5) is 28.4 Å². The first-order chi connectivity index (χ1) is 17.1. The van der Waals surface area contributed by atoms with Crippen molar-refractivity contribution in [3.05, 3.63) is 113 Å². The minimum Gasteiger partial charge on any atom is -0.355 e. The fourth-order valence-electron chi connectivity index (χ4n) is 3.46. The fourth-order valence-corrected chi connectivity index (χ4v) is 3.46. The minimum absolute atomic E-state index is 0.264. The quantitative estimate of drug-likeness (QED) is 0.299. The van der Waals surface area contributed by atoms with Gasteiger partial charge in [0.25, 0.3) is 5.91 Å². The molecule has 0 spiro atoms. The summed E-state index contributed by atoms with van der Waals surface area (Å²) >= 11 is 0. The molecular weight excluding hydrogens is 430 g/mol. The second kappa shape index (κ2) is 10.5. The number of hydrogen-bond acceptors (Lipinski definition) is 3. The van der Waals surface area contributed by atoms with Crippen LogP contribution in [0.2, 0.25) is 0 Å². The molecule has 0 saturated carbocycles. The molecule has 4 rings (SSSR count). The highest BCUT2D eigenvalue weighted by molar-refractivity contribution is 6.05. The molecule has 3 N–H and O–H groups in total. The van der Waals surface area contributed by atoms with Crippen molar-refractivity contribution >= 4 is 34.3 Å². The van der Waals surface area contributed by atoms with Crippen molar-refractivity contribution < 1.29 is 4.79 Å². The third-order valence-electron chi connectivity index (χ3n) is 5.14. The van der Waals surface area contributed by atoms with Crippen LogP contribution in [0.25, 0.3) is 0 Å². The Kier molecular flexibility index (Phi) is 6.84. The molecule has 0 aliphatic heterocycles. The van der Waals surface area contributed by atoms with E-state index >= 15 is 0 Å². The smallest absolute Gasteiger partial charge is 0.255 e. The number of carbonyl (C=O) groups is 1. The Morgan fingerprint density at radius 1 is 0.543 bits per heavy atom. The van der Waals surface area contributed by atoms with E-state index in [4.69, 9.17) is 19.3 Å². The maximum Gasteiger partial charge on any atom is 0.255 e. The normalized spacial score (nSPS) is 9.74. The van der Waals surface area contributed by atoms with Gasteiger partial charge in [-0.25, -0.2) is 0 Å². The highest BCUT2D eigenvalue weighted by Gasteiger charge is 2.11. The lowest BCUT2D eigenvalue weighted by Gasteiger charge is -2.14. The summed E-state index contributed by atoms with van der Waals surface area (Å²) in [7, 11) is 0. The van der Waals surface area contributed by atoms with Crippen LogP contribution in [0, 0.1) is 37.0 Å². The maximum atomic E-state index is 13.1. The third-order valence-corrected chi connectivity index (χ3v) is 5.14. The first kappa shape index (κ1) is 22.8. The number of carbonyl (C=O) groups excluding carboxylic acids is 1. The van der Waals surface area contributed by atoms with Crippen molar-refractivity contribution in [2.45, 2.75) is 0 Å². The largest absolute Gasteiger partial charge is 0.355 e. The Hall–Kier alpha value is -5.37. The molecule has 0 aromatic heterocycles. The predicted molar refractivity (Wildman–Crippen MR) is 144 cm³/mol. The molecule has 0 aliphatic rings. The number of nitrogens with one attached hydrogen (secondary N) is 3. The van der Waals surface area contributed by atoms with E-state index in [1.165, 1.54) is 0 Å². The van der Waals surface area contributed by atoms with E-state index in [-0.39, 0.29) is 5.91 Å². The monoisotopic (exact) mass is 451 g/mol. The molecule has 0 saturated heterocycles. The molecular formula is C31H21N3O. The summed E-state index contributed by atoms with van der Waals surface area (Å²) in [5.74, 6) is 7.56. The van der Waals surface area contributed by atoms with Gasteiger partial charge < -0.3 is 16.0 Å². The van der Waals surface area contributed by atoms with Crippen molar-refractivity contribution in [2.24, 2.45) is 0 Å². The molecule has 0 fully saturated rings. The van der Waals surface area contributed by atoms with Crippen molar-refractivity contribution in [1.82, 2.24) is 0 Å². The molecule has 4 aromatic carbocycles. The number of rotatable bonds is 6. The number of benzene rings is 4.